The first kappa shape index (κ1) is 9.01. The maximum absolute atomic E-state index is 5.87. The van der Waals surface area contributed by atoms with Crippen LogP contribution in [0.2, 0.25) is 0 Å². The Morgan fingerprint density at radius 2 is 2.15 bits per heavy atom. The minimum atomic E-state index is 0.0463. The van der Waals surface area contributed by atoms with Crippen LogP contribution in [-0.2, 0) is 4.74 Å². The van der Waals surface area contributed by atoms with E-state index in [2.05, 4.69) is 20.1 Å². The van der Waals surface area contributed by atoms with E-state index in [1.165, 1.54) is 12.8 Å². The van der Waals surface area contributed by atoms with Gasteiger partial charge in [0.25, 0.3) is 0 Å². The Bertz CT molecular complexity index is 236. The van der Waals surface area contributed by atoms with Gasteiger partial charge in [-0.3, -0.25) is 0 Å². The fourth-order valence-corrected chi connectivity index (χ4v) is 2.99. The van der Waals surface area contributed by atoms with E-state index in [9.17, 15) is 0 Å². The summed E-state index contributed by atoms with van der Waals surface area (Å²) in [4.78, 5) is 0. The van der Waals surface area contributed by atoms with E-state index in [-0.39, 0.29) is 11.0 Å². The van der Waals surface area contributed by atoms with E-state index in [0.717, 1.165) is 12.8 Å². The van der Waals surface area contributed by atoms with Crippen molar-refractivity contribution in [1.82, 2.24) is 0 Å². The molecule has 0 bridgehead atoms. The monoisotopic (exact) mass is 178 g/mol. The molecule has 1 nitrogen and oxygen atoms in total. The Hall–Kier alpha value is -0.560. The van der Waals surface area contributed by atoms with E-state index in [1.54, 1.807) is 0 Å². The molecule has 2 unspecified atom stereocenters. The van der Waals surface area contributed by atoms with Crippen molar-refractivity contribution in [3.05, 3.63) is 25.3 Å². The molecular weight excluding hydrogens is 160 g/mol. The minimum absolute atomic E-state index is 0.0463. The maximum Gasteiger partial charge on any atom is 0.107 e. The van der Waals surface area contributed by atoms with Crippen LogP contribution in [0.3, 0.4) is 0 Å². The Kier molecular flexibility index (Phi) is 1.88. The molecule has 1 saturated carbocycles. The molecule has 0 N–H and O–H groups in total. The van der Waals surface area contributed by atoms with Crippen LogP contribution < -0.4 is 0 Å². The molecule has 13 heavy (non-hydrogen) atoms. The number of hydrogen-bond acceptors (Lipinski definition) is 1. The number of rotatable bonds is 3. The molecule has 0 amide bonds. The molecular formula is C12H18O. The fraction of sp³-hybridized carbons (Fsp3) is 0.667. The molecule has 1 heterocycles. The van der Waals surface area contributed by atoms with E-state index >= 15 is 0 Å². The average Bonchev–Trinajstić information content (AvgIpc) is 2.92. The molecule has 2 rings (SSSR count). The van der Waals surface area contributed by atoms with Crippen molar-refractivity contribution < 1.29 is 4.74 Å². The van der Waals surface area contributed by atoms with Crippen LogP contribution in [0.25, 0.3) is 0 Å². The molecule has 0 aromatic carbocycles. The van der Waals surface area contributed by atoms with Gasteiger partial charge in [-0.05, 0) is 25.7 Å². The predicted octanol–water partition coefficient (Wildman–Crippen LogP) is 3.08. The summed E-state index contributed by atoms with van der Waals surface area (Å²) in [7, 11) is 0. The summed E-state index contributed by atoms with van der Waals surface area (Å²) in [5.74, 6) is 0. The standard InChI is InChI=1S/C12H18O/c1-4-11(5-2)9-7-8-10-12(11,6-3)13-10/h4-5,10H,1-2,6-9H2,3H3. The molecule has 0 spiro atoms. The number of hydrogen-bond donors (Lipinski definition) is 0. The van der Waals surface area contributed by atoms with E-state index in [4.69, 9.17) is 4.74 Å². The second-order valence-corrected chi connectivity index (χ2v) is 4.19. The minimum Gasteiger partial charge on any atom is -0.365 e. The van der Waals surface area contributed by atoms with Crippen LogP contribution in [0.4, 0.5) is 0 Å². The lowest BCUT2D eigenvalue weighted by molar-refractivity contribution is 0.176. The molecule has 72 valence electrons. The Morgan fingerprint density at radius 3 is 2.62 bits per heavy atom. The predicted molar refractivity (Wildman–Crippen MR) is 54.6 cm³/mol. The van der Waals surface area contributed by atoms with Crippen molar-refractivity contribution in [2.24, 2.45) is 5.41 Å². The van der Waals surface area contributed by atoms with E-state index in [0.29, 0.717) is 6.10 Å². The van der Waals surface area contributed by atoms with Crippen molar-refractivity contribution in [1.29, 1.82) is 0 Å². The molecule has 2 aliphatic rings. The zero-order valence-electron chi connectivity index (χ0n) is 8.38. The quantitative estimate of drug-likeness (QED) is 0.478. The van der Waals surface area contributed by atoms with Gasteiger partial charge in [0, 0.05) is 5.41 Å². The van der Waals surface area contributed by atoms with E-state index in [1.807, 2.05) is 12.2 Å². The number of epoxide rings is 1. The fourth-order valence-electron chi connectivity index (χ4n) is 2.99. The van der Waals surface area contributed by atoms with Crippen LogP contribution in [-0.4, -0.2) is 11.7 Å². The second kappa shape index (κ2) is 2.71. The van der Waals surface area contributed by atoms with Crippen LogP contribution >= 0.6 is 0 Å². The normalized spacial score (nSPS) is 40.5. The van der Waals surface area contributed by atoms with E-state index < -0.39 is 0 Å². The Morgan fingerprint density at radius 1 is 1.46 bits per heavy atom. The van der Waals surface area contributed by atoms with Crippen molar-refractivity contribution in [2.45, 2.75) is 44.3 Å². The lowest BCUT2D eigenvalue weighted by Crippen LogP contribution is -2.39. The molecule has 1 aliphatic heterocycles. The number of fused-ring (bicyclic) bond motifs is 1. The summed E-state index contributed by atoms with van der Waals surface area (Å²) < 4.78 is 5.87. The zero-order chi connectivity index (χ0) is 9.53. The van der Waals surface area contributed by atoms with Gasteiger partial charge in [-0.2, -0.15) is 0 Å². The Balaban J connectivity index is 2.34. The molecule has 2 fully saturated rings. The smallest absolute Gasteiger partial charge is 0.107 e. The van der Waals surface area contributed by atoms with Gasteiger partial charge in [0.15, 0.2) is 0 Å². The summed E-state index contributed by atoms with van der Waals surface area (Å²) in [5.41, 5.74) is 0.111. The highest BCUT2D eigenvalue weighted by Gasteiger charge is 2.66. The summed E-state index contributed by atoms with van der Waals surface area (Å²) >= 11 is 0. The molecule has 0 aromatic heterocycles. The van der Waals surface area contributed by atoms with Crippen LogP contribution in [0.15, 0.2) is 25.3 Å². The highest BCUT2D eigenvalue weighted by atomic mass is 16.6. The van der Waals surface area contributed by atoms with Crippen molar-refractivity contribution in [2.75, 3.05) is 0 Å². The summed E-state index contributed by atoms with van der Waals surface area (Å²) in [6.45, 7) is 10.1. The summed E-state index contributed by atoms with van der Waals surface area (Å²) in [6, 6.07) is 0. The first-order chi connectivity index (χ1) is 6.24. The zero-order valence-corrected chi connectivity index (χ0v) is 8.38. The van der Waals surface area contributed by atoms with Gasteiger partial charge in [-0.1, -0.05) is 19.1 Å². The third-order valence-electron chi connectivity index (χ3n) is 3.91. The van der Waals surface area contributed by atoms with Crippen molar-refractivity contribution >= 4 is 0 Å². The SMILES string of the molecule is C=CC1(C=C)CCCC2OC21CC. The highest BCUT2D eigenvalue weighted by Crippen LogP contribution is 2.61. The van der Waals surface area contributed by atoms with Crippen molar-refractivity contribution in [3.63, 3.8) is 0 Å². The van der Waals surface area contributed by atoms with Crippen LogP contribution in [0.5, 0.6) is 0 Å². The summed E-state index contributed by atoms with van der Waals surface area (Å²) in [6.07, 6.45) is 9.26. The van der Waals surface area contributed by atoms with Crippen LogP contribution in [0.1, 0.15) is 32.6 Å². The largest absolute Gasteiger partial charge is 0.365 e. The topological polar surface area (TPSA) is 12.5 Å². The maximum atomic E-state index is 5.87. The second-order valence-electron chi connectivity index (χ2n) is 4.19. The number of ether oxygens (including phenoxy) is 1. The molecule has 2 atom stereocenters. The Labute approximate surface area is 80.5 Å². The molecule has 0 aromatic rings. The first-order valence-corrected chi connectivity index (χ1v) is 5.19. The van der Waals surface area contributed by atoms with Gasteiger partial charge in [-0.25, -0.2) is 0 Å². The first-order valence-electron chi connectivity index (χ1n) is 5.19. The van der Waals surface area contributed by atoms with Gasteiger partial charge < -0.3 is 4.74 Å². The van der Waals surface area contributed by atoms with Gasteiger partial charge in [0.2, 0.25) is 0 Å². The van der Waals surface area contributed by atoms with Crippen LogP contribution in [0, 0.1) is 5.41 Å². The van der Waals surface area contributed by atoms with Gasteiger partial charge >= 0.3 is 0 Å². The highest BCUT2D eigenvalue weighted by molar-refractivity contribution is 5.27. The van der Waals surface area contributed by atoms with Crippen molar-refractivity contribution in [3.8, 4) is 0 Å². The van der Waals surface area contributed by atoms with Gasteiger partial charge in [0.1, 0.15) is 5.60 Å². The lowest BCUT2D eigenvalue weighted by atomic mass is 9.65. The molecule has 1 aliphatic carbocycles. The average molecular weight is 178 g/mol. The van der Waals surface area contributed by atoms with Gasteiger partial charge in [-0.15, -0.1) is 13.2 Å². The molecule has 1 heteroatoms. The third-order valence-corrected chi connectivity index (χ3v) is 3.91. The molecule has 0 radical (unpaired) electrons. The summed E-state index contributed by atoms with van der Waals surface area (Å²) in [5, 5.41) is 0. The molecule has 1 saturated heterocycles. The van der Waals surface area contributed by atoms with Gasteiger partial charge in [0.05, 0.1) is 6.10 Å². The lowest BCUT2D eigenvalue weighted by Gasteiger charge is -2.36. The third kappa shape index (κ3) is 0.912.